The fourth-order valence-electron chi connectivity index (χ4n) is 5.44. The quantitative estimate of drug-likeness (QED) is 0.516. The molecule has 10 nitrogen and oxygen atoms in total. The molecule has 13 heteroatoms. The Morgan fingerprint density at radius 2 is 1.80 bits per heavy atom. The normalized spacial score (nSPS) is 21.2. The Labute approximate surface area is 236 Å². The number of hydrogen-bond acceptors (Lipinski definition) is 8. The molecule has 0 saturated carbocycles. The summed E-state index contributed by atoms with van der Waals surface area (Å²) in [6.07, 6.45) is -1.76. The van der Waals surface area contributed by atoms with Crippen molar-refractivity contribution in [1.82, 2.24) is 19.9 Å². The maximum absolute atomic E-state index is 14.1. The third kappa shape index (κ3) is 5.68. The maximum Gasteiger partial charge on any atom is 0.433 e. The van der Waals surface area contributed by atoms with Crippen molar-refractivity contribution in [2.24, 2.45) is 0 Å². The van der Waals surface area contributed by atoms with Crippen LogP contribution in [0.2, 0.25) is 0 Å². The highest BCUT2D eigenvalue weighted by Crippen LogP contribution is 2.47. The topological polar surface area (TPSA) is 101 Å². The van der Waals surface area contributed by atoms with E-state index in [-0.39, 0.29) is 43.7 Å². The molecule has 5 heterocycles. The highest BCUT2D eigenvalue weighted by molar-refractivity contribution is 6.08. The summed E-state index contributed by atoms with van der Waals surface area (Å²) in [6, 6.07) is 2.50. The zero-order valence-electron chi connectivity index (χ0n) is 23.9. The van der Waals surface area contributed by atoms with Crippen LogP contribution in [0, 0.1) is 0 Å². The van der Waals surface area contributed by atoms with E-state index in [4.69, 9.17) is 9.47 Å². The number of nitrogens with zero attached hydrogens (tertiary/aromatic N) is 6. The number of hydrogen-bond donors (Lipinski definition) is 0. The van der Waals surface area contributed by atoms with Crippen LogP contribution in [0.4, 0.5) is 29.7 Å². The number of fused-ring (bicyclic) bond motifs is 1. The predicted molar refractivity (Wildman–Crippen MR) is 144 cm³/mol. The van der Waals surface area contributed by atoms with Gasteiger partial charge in [-0.25, -0.2) is 19.7 Å². The van der Waals surface area contributed by atoms with Crippen LogP contribution in [-0.4, -0.2) is 76.5 Å². The van der Waals surface area contributed by atoms with E-state index >= 15 is 0 Å². The van der Waals surface area contributed by atoms with E-state index < -0.39 is 35.2 Å². The lowest BCUT2D eigenvalue weighted by Crippen LogP contribution is -2.50. The average molecular weight is 577 g/mol. The van der Waals surface area contributed by atoms with Crippen LogP contribution in [0.3, 0.4) is 0 Å². The van der Waals surface area contributed by atoms with Crippen molar-refractivity contribution in [1.29, 1.82) is 0 Å². The van der Waals surface area contributed by atoms with Crippen LogP contribution >= 0.6 is 0 Å². The molecule has 2 saturated heterocycles. The largest absolute Gasteiger partial charge is 0.444 e. The molecule has 41 heavy (non-hydrogen) atoms. The number of amides is 2. The van der Waals surface area contributed by atoms with Gasteiger partial charge in [0.2, 0.25) is 11.9 Å². The molecule has 5 rings (SSSR count). The second-order valence-corrected chi connectivity index (χ2v) is 12.1. The molecule has 2 amide bonds. The Kier molecular flexibility index (Phi) is 7.37. The minimum absolute atomic E-state index is 0.0443. The number of ether oxygens (including phenoxy) is 2. The molecule has 3 aliphatic heterocycles. The first-order valence-corrected chi connectivity index (χ1v) is 13.8. The SMILES string of the molecule is CC(C)(C)OC(=O)N1CCN(c2nc(-c3ccnc4c3C(C)(C)C(=O)N4C3CCCCO3)cc(C(F)(F)F)n2)CC1. The van der Waals surface area contributed by atoms with Crippen LogP contribution in [-0.2, 0) is 25.9 Å². The fourth-order valence-corrected chi connectivity index (χ4v) is 5.44. The van der Waals surface area contributed by atoms with E-state index in [1.165, 1.54) is 11.1 Å². The van der Waals surface area contributed by atoms with E-state index in [0.29, 0.717) is 30.0 Å². The van der Waals surface area contributed by atoms with Crippen LogP contribution in [0.15, 0.2) is 18.3 Å². The van der Waals surface area contributed by atoms with Crippen molar-refractivity contribution < 1.29 is 32.2 Å². The van der Waals surface area contributed by atoms with Gasteiger partial charge in [0.05, 0.1) is 11.1 Å². The van der Waals surface area contributed by atoms with E-state index in [1.807, 2.05) is 0 Å². The Morgan fingerprint density at radius 1 is 1.10 bits per heavy atom. The smallest absolute Gasteiger partial charge is 0.433 e. The molecule has 1 unspecified atom stereocenters. The lowest BCUT2D eigenvalue weighted by atomic mass is 9.83. The number of aromatic nitrogens is 3. The lowest BCUT2D eigenvalue weighted by molar-refractivity contribution is -0.141. The van der Waals surface area contributed by atoms with Gasteiger partial charge in [0.15, 0.2) is 5.69 Å². The third-order valence-corrected chi connectivity index (χ3v) is 7.48. The monoisotopic (exact) mass is 576 g/mol. The molecular formula is C28H35F3N6O4. The second kappa shape index (κ2) is 10.4. The number of carbonyl (C=O) groups excluding carboxylic acids is 2. The Balaban J connectivity index is 1.51. The number of piperazine rings is 1. The van der Waals surface area contributed by atoms with Crippen molar-refractivity contribution in [3.63, 3.8) is 0 Å². The maximum atomic E-state index is 14.1. The first kappa shape index (κ1) is 29.0. The van der Waals surface area contributed by atoms with E-state index in [9.17, 15) is 22.8 Å². The summed E-state index contributed by atoms with van der Waals surface area (Å²) in [5.74, 6) is 0.0610. The van der Waals surface area contributed by atoms with Gasteiger partial charge >= 0.3 is 12.3 Å². The number of anilines is 2. The molecule has 0 N–H and O–H groups in total. The highest BCUT2D eigenvalue weighted by Gasteiger charge is 2.50. The van der Waals surface area contributed by atoms with Crippen LogP contribution in [0.25, 0.3) is 11.3 Å². The van der Waals surface area contributed by atoms with Crippen molar-refractivity contribution in [3.8, 4) is 11.3 Å². The molecule has 3 aliphatic rings. The zero-order chi connectivity index (χ0) is 29.7. The molecule has 222 valence electrons. The van der Waals surface area contributed by atoms with Gasteiger partial charge < -0.3 is 19.3 Å². The van der Waals surface area contributed by atoms with Gasteiger partial charge in [-0.3, -0.25) is 9.69 Å². The minimum atomic E-state index is -4.73. The number of alkyl halides is 3. The number of pyridine rings is 1. The molecule has 2 fully saturated rings. The van der Waals surface area contributed by atoms with E-state index in [0.717, 1.165) is 18.9 Å². The number of carbonyl (C=O) groups is 2. The summed E-state index contributed by atoms with van der Waals surface area (Å²) in [5.41, 5.74) is -1.89. The molecule has 0 spiro atoms. The van der Waals surface area contributed by atoms with Crippen LogP contribution in [0.5, 0.6) is 0 Å². The Morgan fingerprint density at radius 3 is 2.41 bits per heavy atom. The highest BCUT2D eigenvalue weighted by atomic mass is 19.4. The summed E-state index contributed by atoms with van der Waals surface area (Å²) in [4.78, 5) is 43.7. The minimum Gasteiger partial charge on any atom is -0.444 e. The van der Waals surface area contributed by atoms with Crippen molar-refractivity contribution >= 4 is 23.8 Å². The fraction of sp³-hybridized carbons (Fsp3) is 0.607. The first-order valence-electron chi connectivity index (χ1n) is 13.8. The van der Waals surface area contributed by atoms with Gasteiger partial charge in [-0.15, -0.1) is 0 Å². The molecule has 2 aromatic rings. The third-order valence-electron chi connectivity index (χ3n) is 7.48. The number of halogens is 3. The lowest BCUT2D eigenvalue weighted by Gasteiger charge is -2.35. The van der Waals surface area contributed by atoms with Crippen LogP contribution < -0.4 is 9.80 Å². The average Bonchev–Trinajstić information content (AvgIpc) is 3.12. The second-order valence-electron chi connectivity index (χ2n) is 12.1. The summed E-state index contributed by atoms with van der Waals surface area (Å²) in [5, 5.41) is 0. The molecule has 0 aliphatic carbocycles. The van der Waals surface area contributed by atoms with Crippen LogP contribution in [0.1, 0.15) is 65.1 Å². The van der Waals surface area contributed by atoms with Crippen molar-refractivity contribution in [2.45, 2.75) is 77.3 Å². The summed E-state index contributed by atoms with van der Waals surface area (Å²) < 4.78 is 53.6. The summed E-state index contributed by atoms with van der Waals surface area (Å²) in [6.45, 7) is 10.3. The van der Waals surface area contributed by atoms with Gasteiger partial charge in [0.25, 0.3) is 0 Å². The molecule has 0 bridgehead atoms. The number of rotatable bonds is 3. The van der Waals surface area contributed by atoms with Gasteiger partial charge in [-0.2, -0.15) is 13.2 Å². The molecule has 0 aromatic carbocycles. The zero-order valence-corrected chi connectivity index (χ0v) is 23.9. The Bertz CT molecular complexity index is 1330. The molecule has 1 atom stereocenters. The molecule has 0 radical (unpaired) electrons. The van der Waals surface area contributed by atoms with Gasteiger partial charge in [-0.1, -0.05) is 0 Å². The van der Waals surface area contributed by atoms with Gasteiger partial charge in [0.1, 0.15) is 17.6 Å². The standard InChI is InChI=1S/C28H35F3N6O4/c1-26(2,3)41-25(39)36-13-11-35(12-14-36)24-33-18(16-19(34-24)28(29,30)31)17-9-10-32-22-21(17)27(4,5)23(38)37(22)20-8-6-7-15-40-20/h9-10,16,20H,6-8,11-15H2,1-5H3. The van der Waals surface area contributed by atoms with Gasteiger partial charge in [0, 0.05) is 50.1 Å². The van der Waals surface area contributed by atoms with E-state index in [1.54, 1.807) is 50.5 Å². The first-order chi connectivity index (χ1) is 19.2. The summed E-state index contributed by atoms with van der Waals surface area (Å²) in [7, 11) is 0. The Hall–Kier alpha value is -3.48. The van der Waals surface area contributed by atoms with Crippen molar-refractivity contribution in [2.75, 3.05) is 42.6 Å². The predicted octanol–water partition coefficient (Wildman–Crippen LogP) is 4.77. The van der Waals surface area contributed by atoms with E-state index in [2.05, 4.69) is 15.0 Å². The van der Waals surface area contributed by atoms with Crippen molar-refractivity contribution in [3.05, 3.63) is 29.6 Å². The summed E-state index contributed by atoms with van der Waals surface area (Å²) >= 11 is 0. The molecular weight excluding hydrogens is 541 g/mol. The van der Waals surface area contributed by atoms with Gasteiger partial charge in [-0.05, 0) is 66.0 Å². The molecule has 2 aromatic heterocycles.